The van der Waals surface area contributed by atoms with E-state index in [0.29, 0.717) is 5.82 Å². The van der Waals surface area contributed by atoms with Gasteiger partial charge in [-0.2, -0.15) is 0 Å². The number of nitro benzene ring substituents is 1. The van der Waals surface area contributed by atoms with Gasteiger partial charge in [-0.15, -0.1) is 0 Å². The van der Waals surface area contributed by atoms with Crippen LogP contribution in [0.3, 0.4) is 0 Å². The van der Waals surface area contributed by atoms with E-state index in [2.05, 4.69) is 31.1 Å². The first-order chi connectivity index (χ1) is 14.3. The van der Waals surface area contributed by atoms with Crippen LogP contribution in [0.1, 0.15) is 15.9 Å². The van der Waals surface area contributed by atoms with Gasteiger partial charge in [0.05, 0.1) is 9.85 Å². The van der Waals surface area contributed by atoms with Gasteiger partial charge < -0.3 is 5.32 Å². The Morgan fingerprint density at radius 3 is 2.47 bits per heavy atom. The number of benzene rings is 1. The van der Waals surface area contributed by atoms with E-state index < -0.39 is 21.4 Å². The Bertz CT molecular complexity index is 1140. The van der Waals surface area contributed by atoms with E-state index in [9.17, 15) is 25.0 Å². The van der Waals surface area contributed by atoms with Crippen molar-refractivity contribution in [3.63, 3.8) is 0 Å². The second-order valence-electron chi connectivity index (χ2n) is 5.91. The quantitative estimate of drug-likeness (QED) is 0.387. The number of carbonyl (C=O) groups is 1. The van der Waals surface area contributed by atoms with E-state index in [4.69, 9.17) is 0 Å². The smallest absolute Gasteiger partial charge is 0.319 e. The number of amides is 1. The van der Waals surface area contributed by atoms with E-state index >= 15 is 0 Å². The van der Waals surface area contributed by atoms with Gasteiger partial charge in [-0.3, -0.25) is 35.9 Å². The summed E-state index contributed by atoms with van der Waals surface area (Å²) in [4.78, 5) is 45.0. The molecule has 3 aromatic rings. The number of hydrogen-bond acceptors (Lipinski definition) is 10. The number of rotatable bonds is 7. The third-order valence-electron chi connectivity index (χ3n) is 3.78. The first kappa shape index (κ1) is 20.1. The fourth-order valence-electron chi connectivity index (χ4n) is 2.41. The minimum atomic E-state index is -0.749. The molecule has 0 unspecified atom stereocenters. The number of pyridine rings is 1. The number of aryl methyl sites for hydroxylation is 1. The molecular weight excluding hydrogens is 396 g/mol. The number of nitro groups is 2. The first-order valence-corrected chi connectivity index (χ1v) is 8.35. The lowest BCUT2D eigenvalue weighted by Gasteiger charge is -2.11. The zero-order valence-electron chi connectivity index (χ0n) is 15.4. The van der Waals surface area contributed by atoms with Gasteiger partial charge in [0.1, 0.15) is 12.1 Å². The van der Waals surface area contributed by atoms with Gasteiger partial charge >= 0.3 is 5.69 Å². The van der Waals surface area contributed by atoms with Crippen LogP contribution in [0.4, 0.5) is 28.8 Å². The van der Waals surface area contributed by atoms with Crippen LogP contribution >= 0.6 is 0 Å². The molecular formula is C17H14N8O5. The maximum absolute atomic E-state index is 12.3. The standard InChI is InChI=1S/C17H14N8O5/c1-10-5-6-18-13(7-10)21-15-14(25(29)30)16(20-9-19-15)22-23-17(26)11-3-2-4-12(8-11)24(27)28/h2-9H,1H3,(H,23,26)(H2,18,19,20,21,22). The first-order valence-electron chi connectivity index (χ1n) is 8.35. The van der Waals surface area contributed by atoms with Crippen molar-refractivity contribution >= 4 is 34.7 Å². The molecule has 0 radical (unpaired) electrons. The van der Waals surface area contributed by atoms with Crippen molar-refractivity contribution in [2.45, 2.75) is 6.92 Å². The Hall–Kier alpha value is -4.68. The highest BCUT2D eigenvalue weighted by molar-refractivity contribution is 5.95. The Labute approximate surface area is 168 Å². The van der Waals surface area contributed by atoms with Crippen molar-refractivity contribution in [1.29, 1.82) is 0 Å². The van der Waals surface area contributed by atoms with Crippen LogP contribution in [0.2, 0.25) is 0 Å². The van der Waals surface area contributed by atoms with Crippen LogP contribution in [0.25, 0.3) is 0 Å². The monoisotopic (exact) mass is 410 g/mol. The highest BCUT2D eigenvalue weighted by atomic mass is 16.6. The normalized spacial score (nSPS) is 10.2. The molecule has 2 heterocycles. The third kappa shape index (κ3) is 4.59. The van der Waals surface area contributed by atoms with Gasteiger partial charge in [-0.25, -0.2) is 15.0 Å². The molecule has 0 aliphatic heterocycles. The number of nitrogens with zero attached hydrogens (tertiary/aromatic N) is 5. The fraction of sp³-hybridized carbons (Fsp3) is 0.0588. The van der Waals surface area contributed by atoms with Gasteiger partial charge in [-0.1, -0.05) is 6.07 Å². The third-order valence-corrected chi connectivity index (χ3v) is 3.78. The molecule has 0 saturated heterocycles. The molecule has 0 aliphatic rings. The lowest BCUT2D eigenvalue weighted by molar-refractivity contribution is -0.384. The zero-order valence-corrected chi connectivity index (χ0v) is 15.4. The molecule has 3 rings (SSSR count). The molecule has 0 bridgehead atoms. The molecule has 13 nitrogen and oxygen atoms in total. The maximum Gasteiger partial charge on any atom is 0.355 e. The van der Waals surface area contributed by atoms with Crippen LogP contribution in [-0.2, 0) is 0 Å². The average Bonchev–Trinajstić information content (AvgIpc) is 2.72. The van der Waals surface area contributed by atoms with Crippen LogP contribution in [0.5, 0.6) is 0 Å². The van der Waals surface area contributed by atoms with E-state index in [1.807, 2.05) is 6.92 Å². The Kier molecular flexibility index (Phi) is 5.72. The predicted octanol–water partition coefficient (Wildman–Crippen LogP) is 2.50. The summed E-state index contributed by atoms with van der Waals surface area (Å²) in [6.07, 6.45) is 2.59. The van der Waals surface area contributed by atoms with Crippen LogP contribution in [0.15, 0.2) is 48.9 Å². The topological polar surface area (TPSA) is 178 Å². The molecule has 1 aromatic carbocycles. The molecule has 1 amide bonds. The number of hydrazine groups is 1. The molecule has 152 valence electrons. The summed E-state index contributed by atoms with van der Waals surface area (Å²) >= 11 is 0. The molecule has 30 heavy (non-hydrogen) atoms. The summed E-state index contributed by atoms with van der Waals surface area (Å²) in [6.45, 7) is 1.83. The lowest BCUT2D eigenvalue weighted by Crippen LogP contribution is -2.30. The van der Waals surface area contributed by atoms with Gasteiger partial charge in [-0.05, 0) is 30.7 Å². The van der Waals surface area contributed by atoms with Gasteiger partial charge in [0.2, 0.25) is 11.6 Å². The summed E-state index contributed by atoms with van der Waals surface area (Å²) in [5.74, 6) is -0.839. The second-order valence-corrected chi connectivity index (χ2v) is 5.91. The minimum Gasteiger partial charge on any atom is -0.319 e. The Morgan fingerprint density at radius 2 is 1.77 bits per heavy atom. The summed E-state index contributed by atoms with van der Waals surface area (Å²) in [6, 6.07) is 8.43. The van der Waals surface area contributed by atoms with E-state index in [1.165, 1.54) is 24.4 Å². The van der Waals surface area contributed by atoms with Crippen LogP contribution in [0, 0.1) is 27.2 Å². The minimum absolute atomic E-state index is 0.0179. The highest BCUT2D eigenvalue weighted by Crippen LogP contribution is 2.30. The van der Waals surface area contributed by atoms with E-state index in [0.717, 1.165) is 18.0 Å². The summed E-state index contributed by atoms with van der Waals surface area (Å²) < 4.78 is 0. The second kappa shape index (κ2) is 8.55. The largest absolute Gasteiger partial charge is 0.355 e. The molecule has 3 N–H and O–H groups in total. The van der Waals surface area contributed by atoms with Crippen molar-refractivity contribution in [2.24, 2.45) is 0 Å². The van der Waals surface area contributed by atoms with Gasteiger partial charge in [0, 0.05) is 23.9 Å². The van der Waals surface area contributed by atoms with Crippen molar-refractivity contribution in [3.8, 4) is 0 Å². The molecule has 13 heteroatoms. The molecule has 0 saturated carbocycles. The number of non-ortho nitro benzene ring substituents is 1. The van der Waals surface area contributed by atoms with Crippen molar-refractivity contribution in [1.82, 2.24) is 20.4 Å². The maximum atomic E-state index is 12.3. The highest BCUT2D eigenvalue weighted by Gasteiger charge is 2.24. The Morgan fingerprint density at radius 1 is 1.00 bits per heavy atom. The number of carbonyl (C=O) groups excluding carboxylic acids is 1. The summed E-state index contributed by atoms with van der Waals surface area (Å²) in [7, 11) is 0. The number of hydrogen-bond donors (Lipinski definition) is 3. The molecule has 0 fully saturated rings. The lowest BCUT2D eigenvalue weighted by atomic mass is 10.2. The molecule has 0 spiro atoms. The Balaban J connectivity index is 1.82. The number of aromatic nitrogens is 3. The number of nitrogens with one attached hydrogen (secondary N) is 3. The van der Waals surface area contributed by atoms with E-state index in [-0.39, 0.29) is 22.9 Å². The van der Waals surface area contributed by atoms with Crippen molar-refractivity contribution in [3.05, 3.63) is 80.3 Å². The summed E-state index contributed by atoms with van der Waals surface area (Å²) in [5.41, 5.74) is 4.65. The molecule has 2 aromatic heterocycles. The number of anilines is 3. The van der Waals surface area contributed by atoms with Gasteiger partial charge in [0.25, 0.3) is 11.6 Å². The van der Waals surface area contributed by atoms with Crippen molar-refractivity contribution in [2.75, 3.05) is 10.7 Å². The predicted molar refractivity (Wildman–Crippen MR) is 105 cm³/mol. The molecule has 0 atom stereocenters. The van der Waals surface area contributed by atoms with Crippen LogP contribution in [-0.4, -0.2) is 30.7 Å². The van der Waals surface area contributed by atoms with Crippen LogP contribution < -0.4 is 16.2 Å². The SMILES string of the molecule is Cc1ccnc(Nc2ncnc(NNC(=O)c3cccc([N+](=O)[O-])c3)c2[N+](=O)[O-])c1. The molecule has 0 aliphatic carbocycles. The zero-order chi connectivity index (χ0) is 21.7. The van der Waals surface area contributed by atoms with E-state index in [1.54, 1.807) is 12.1 Å². The summed E-state index contributed by atoms with van der Waals surface area (Å²) in [5, 5.41) is 25.2. The van der Waals surface area contributed by atoms with Crippen molar-refractivity contribution < 1.29 is 14.6 Å². The fourth-order valence-corrected chi connectivity index (χ4v) is 2.41. The van der Waals surface area contributed by atoms with Gasteiger partial charge in [0.15, 0.2) is 0 Å². The average molecular weight is 410 g/mol.